The number of nitrogens with one attached hydrogen (secondary N) is 1. The molecule has 0 aliphatic carbocycles. The van der Waals surface area contributed by atoms with Crippen LogP contribution in [-0.4, -0.2) is 24.7 Å². The number of ether oxygens (including phenoxy) is 1. The molecule has 28 heavy (non-hydrogen) atoms. The summed E-state index contributed by atoms with van der Waals surface area (Å²) >= 11 is 0. The summed E-state index contributed by atoms with van der Waals surface area (Å²) in [6.07, 6.45) is 2.28. The number of benzene rings is 1. The summed E-state index contributed by atoms with van der Waals surface area (Å²) in [5, 5.41) is 12.0. The van der Waals surface area contributed by atoms with Crippen LogP contribution in [0.15, 0.2) is 24.3 Å². The summed E-state index contributed by atoms with van der Waals surface area (Å²) in [7, 11) is 0. The van der Waals surface area contributed by atoms with Gasteiger partial charge in [-0.15, -0.1) is 0 Å². The molecular weight excluding hydrogens is 369 g/mol. The van der Waals surface area contributed by atoms with Crippen LogP contribution >= 0.6 is 0 Å². The Morgan fingerprint density at radius 1 is 1.11 bits per heavy atom. The van der Waals surface area contributed by atoms with E-state index in [0.29, 0.717) is 12.2 Å². The van der Waals surface area contributed by atoms with Crippen molar-refractivity contribution in [2.75, 3.05) is 13.2 Å². The largest absolute Gasteiger partial charge is 0.416 e. The third-order valence-electron chi connectivity index (χ3n) is 4.34. The van der Waals surface area contributed by atoms with E-state index in [1.54, 1.807) is 6.92 Å². The first-order valence-electron chi connectivity index (χ1n) is 9.66. The molecule has 1 unspecified atom stereocenters. The molecule has 1 atom stereocenters. The second-order valence-electron chi connectivity index (χ2n) is 7.18. The van der Waals surface area contributed by atoms with Crippen LogP contribution in [0.1, 0.15) is 63.5 Å². The zero-order valence-electron chi connectivity index (χ0n) is 16.6. The molecule has 4 nitrogen and oxygen atoms in total. The molecule has 0 radical (unpaired) electrons. The van der Waals surface area contributed by atoms with Gasteiger partial charge in [0.2, 0.25) is 5.91 Å². The van der Waals surface area contributed by atoms with Crippen molar-refractivity contribution in [2.24, 2.45) is 0 Å². The highest BCUT2D eigenvalue weighted by Crippen LogP contribution is 2.29. The fourth-order valence-electron chi connectivity index (χ4n) is 2.71. The Labute approximate surface area is 165 Å². The molecule has 0 fully saturated rings. The van der Waals surface area contributed by atoms with Crippen LogP contribution in [0.4, 0.5) is 13.2 Å². The quantitative estimate of drug-likeness (QED) is 0.503. The zero-order valence-corrected chi connectivity index (χ0v) is 16.6. The van der Waals surface area contributed by atoms with Crippen molar-refractivity contribution in [3.05, 3.63) is 35.4 Å². The molecule has 1 N–H and O–H groups in total. The Balaban J connectivity index is 2.39. The van der Waals surface area contributed by atoms with Crippen LogP contribution in [0.3, 0.4) is 0 Å². The van der Waals surface area contributed by atoms with Crippen LogP contribution in [0.2, 0.25) is 0 Å². The van der Waals surface area contributed by atoms with Crippen LogP contribution in [-0.2, 0) is 22.1 Å². The number of carbonyl (C=O) groups is 1. The highest BCUT2D eigenvalue weighted by atomic mass is 19.4. The minimum absolute atomic E-state index is 0.0667. The maximum absolute atomic E-state index is 12.6. The first kappa shape index (κ1) is 24.0. The Bertz CT molecular complexity index is 639. The highest BCUT2D eigenvalue weighted by molar-refractivity contribution is 5.79. The number of amides is 1. The summed E-state index contributed by atoms with van der Waals surface area (Å²) < 4.78 is 43.3. The molecule has 0 bridgehead atoms. The summed E-state index contributed by atoms with van der Waals surface area (Å²) in [4.78, 5) is 12.2. The van der Waals surface area contributed by atoms with Crippen molar-refractivity contribution in [1.29, 1.82) is 5.26 Å². The molecule has 0 saturated heterocycles. The van der Waals surface area contributed by atoms with Gasteiger partial charge in [-0.1, -0.05) is 51.2 Å². The minimum atomic E-state index is -4.41. The van der Waals surface area contributed by atoms with Gasteiger partial charge in [-0.2, -0.15) is 18.4 Å². The number of nitrogens with zero attached hydrogens (tertiary/aromatic N) is 1. The number of unbranched alkanes of at least 4 members (excludes halogenated alkanes) is 5. The van der Waals surface area contributed by atoms with Gasteiger partial charge in [0.25, 0.3) is 0 Å². The van der Waals surface area contributed by atoms with E-state index in [9.17, 15) is 23.2 Å². The van der Waals surface area contributed by atoms with Crippen molar-refractivity contribution < 1.29 is 22.7 Å². The van der Waals surface area contributed by atoms with Gasteiger partial charge in [0.1, 0.15) is 5.54 Å². The van der Waals surface area contributed by atoms with E-state index >= 15 is 0 Å². The van der Waals surface area contributed by atoms with Gasteiger partial charge in [-0.05, 0) is 31.0 Å². The van der Waals surface area contributed by atoms with E-state index in [1.807, 2.05) is 6.07 Å². The molecule has 156 valence electrons. The first-order chi connectivity index (χ1) is 13.2. The molecule has 1 amide bonds. The fourth-order valence-corrected chi connectivity index (χ4v) is 2.71. The average molecular weight is 398 g/mol. The van der Waals surface area contributed by atoms with E-state index in [0.717, 1.165) is 31.4 Å². The third-order valence-corrected chi connectivity index (χ3v) is 4.34. The lowest BCUT2D eigenvalue weighted by Gasteiger charge is -2.23. The van der Waals surface area contributed by atoms with E-state index in [2.05, 4.69) is 12.2 Å². The number of halogens is 3. The van der Waals surface area contributed by atoms with Crippen LogP contribution in [0.5, 0.6) is 0 Å². The molecule has 0 spiro atoms. The maximum Gasteiger partial charge on any atom is 0.416 e. The van der Waals surface area contributed by atoms with Gasteiger partial charge < -0.3 is 10.1 Å². The molecule has 0 saturated carbocycles. The van der Waals surface area contributed by atoms with Crippen molar-refractivity contribution >= 4 is 5.91 Å². The molecule has 1 aromatic carbocycles. The highest BCUT2D eigenvalue weighted by Gasteiger charge is 2.30. The van der Waals surface area contributed by atoms with Gasteiger partial charge in [-0.25, -0.2) is 0 Å². The Morgan fingerprint density at radius 2 is 1.71 bits per heavy atom. The number of hydrogen-bond acceptors (Lipinski definition) is 3. The van der Waals surface area contributed by atoms with Gasteiger partial charge in [0, 0.05) is 6.61 Å². The van der Waals surface area contributed by atoms with Gasteiger partial charge in [0.05, 0.1) is 24.7 Å². The lowest BCUT2D eigenvalue weighted by atomic mass is 10.0. The minimum Gasteiger partial charge on any atom is -0.378 e. The molecule has 1 aromatic rings. The molecule has 0 aliphatic rings. The predicted molar refractivity (Wildman–Crippen MR) is 102 cm³/mol. The van der Waals surface area contributed by atoms with Gasteiger partial charge in [0.15, 0.2) is 0 Å². The number of carbonyl (C=O) groups excluding carboxylic acids is 1. The van der Waals surface area contributed by atoms with Crippen molar-refractivity contribution in [1.82, 2.24) is 5.32 Å². The second kappa shape index (κ2) is 11.7. The van der Waals surface area contributed by atoms with E-state index in [1.165, 1.54) is 31.4 Å². The lowest BCUT2D eigenvalue weighted by Crippen LogP contribution is -2.49. The van der Waals surface area contributed by atoms with Gasteiger partial charge in [-0.3, -0.25) is 4.79 Å². The molecule has 0 aliphatic heterocycles. The second-order valence-corrected chi connectivity index (χ2v) is 7.18. The number of alkyl halides is 3. The van der Waals surface area contributed by atoms with Crippen molar-refractivity contribution in [3.63, 3.8) is 0 Å². The third kappa shape index (κ3) is 9.23. The number of hydrogen-bond donors (Lipinski definition) is 1. The van der Waals surface area contributed by atoms with Crippen LogP contribution in [0.25, 0.3) is 0 Å². The smallest absolute Gasteiger partial charge is 0.378 e. The van der Waals surface area contributed by atoms with Crippen LogP contribution < -0.4 is 5.32 Å². The lowest BCUT2D eigenvalue weighted by molar-refractivity contribution is -0.137. The van der Waals surface area contributed by atoms with Crippen molar-refractivity contribution in [3.8, 4) is 6.07 Å². The molecule has 1 rings (SSSR count). The number of nitriles is 1. The van der Waals surface area contributed by atoms with Crippen molar-refractivity contribution in [2.45, 2.75) is 70.5 Å². The Morgan fingerprint density at radius 3 is 2.29 bits per heavy atom. The zero-order chi connectivity index (χ0) is 21.0. The predicted octanol–water partition coefficient (Wildman–Crippen LogP) is 5.02. The average Bonchev–Trinajstić information content (AvgIpc) is 2.63. The summed E-state index contributed by atoms with van der Waals surface area (Å²) in [5.41, 5.74) is -1.49. The molecule has 7 heteroatoms. The van der Waals surface area contributed by atoms with E-state index in [-0.39, 0.29) is 13.0 Å². The fraction of sp³-hybridized carbons (Fsp3) is 0.619. The normalized spacial score (nSPS) is 13.6. The summed E-state index contributed by atoms with van der Waals surface area (Å²) in [6.45, 7) is 4.33. The molecule has 0 aromatic heterocycles. The van der Waals surface area contributed by atoms with Crippen LogP contribution in [0, 0.1) is 11.3 Å². The molecule has 0 heterocycles. The van der Waals surface area contributed by atoms with E-state index < -0.39 is 23.2 Å². The SMILES string of the molecule is CCCCCCCCOCC(C)(C#N)NC(=O)Cc1ccc(C(F)(F)F)cc1. The Kier molecular flexibility index (Phi) is 10.0. The molecular formula is C21H29F3N2O2. The maximum atomic E-state index is 12.6. The number of rotatable bonds is 12. The first-order valence-corrected chi connectivity index (χ1v) is 9.66. The standard InChI is InChI=1S/C21H29F3N2O2/c1-3-4-5-6-7-8-13-28-16-20(2,15-25)26-19(27)14-17-9-11-18(12-10-17)21(22,23)24/h9-12H,3-8,13-14,16H2,1-2H3,(H,26,27). The Hall–Kier alpha value is -2.07. The summed E-state index contributed by atoms with van der Waals surface area (Å²) in [5.74, 6) is -0.438. The topological polar surface area (TPSA) is 62.1 Å². The monoisotopic (exact) mass is 398 g/mol. The summed E-state index contributed by atoms with van der Waals surface area (Å²) in [6, 6.07) is 6.45. The van der Waals surface area contributed by atoms with Gasteiger partial charge >= 0.3 is 6.18 Å². The van der Waals surface area contributed by atoms with E-state index in [4.69, 9.17) is 4.74 Å².